The van der Waals surface area contributed by atoms with Gasteiger partial charge < -0.3 is 5.32 Å². The maximum atomic E-state index is 3.68. The molecule has 0 spiro atoms. The highest BCUT2D eigenvalue weighted by molar-refractivity contribution is 7.12. The summed E-state index contributed by atoms with van der Waals surface area (Å²) in [5.41, 5.74) is 5.60. The van der Waals surface area contributed by atoms with E-state index in [4.69, 9.17) is 0 Å². The molecule has 0 amide bonds. The van der Waals surface area contributed by atoms with Gasteiger partial charge in [-0.25, -0.2) is 0 Å². The molecule has 0 radical (unpaired) electrons. The van der Waals surface area contributed by atoms with Crippen molar-refractivity contribution in [3.8, 4) is 0 Å². The lowest BCUT2D eigenvalue weighted by Gasteiger charge is -2.08. The van der Waals surface area contributed by atoms with Gasteiger partial charge in [0, 0.05) is 15.4 Å². The molecule has 1 aromatic carbocycles. The molecule has 2 heteroatoms. The first-order valence-corrected chi connectivity index (χ1v) is 7.44. The number of hydrogen-bond donors (Lipinski definition) is 1. The van der Waals surface area contributed by atoms with E-state index in [1.807, 2.05) is 11.3 Å². The van der Waals surface area contributed by atoms with E-state index < -0.39 is 0 Å². The molecule has 1 atom stereocenters. The highest BCUT2D eigenvalue weighted by atomic mass is 32.1. The maximum Gasteiger partial charge on any atom is 0.0647 e. The normalized spacial score (nSPS) is 17.6. The van der Waals surface area contributed by atoms with Crippen LogP contribution in [0.2, 0.25) is 0 Å². The van der Waals surface area contributed by atoms with Crippen molar-refractivity contribution >= 4 is 17.0 Å². The third-order valence-corrected chi connectivity index (χ3v) is 5.07. The second-order valence-corrected chi connectivity index (χ2v) is 6.37. The lowest BCUT2D eigenvalue weighted by Crippen LogP contribution is -2.02. The molecule has 2 aromatic rings. The lowest BCUT2D eigenvalue weighted by atomic mass is 10.0. The molecule has 1 aromatic heterocycles. The number of benzene rings is 1. The van der Waals surface area contributed by atoms with Gasteiger partial charge in [-0.3, -0.25) is 0 Å². The van der Waals surface area contributed by atoms with Crippen LogP contribution in [0.15, 0.2) is 24.3 Å². The Morgan fingerprint density at radius 3 is 2.83 bits per heavy atom. The summed E-state index contributed by atoms with van der Waals surface area (Å²) in [5.74, 6) is 0. The number of rotatable bonds is 2. The highest BCUT2D eigenvalue weighted by Crippen LogP contribution is 2.38. The topological polar surface area (TPSA) is 12.0 Å². The molecule has 1 N–H and O–H groups in total. The Bertz CT molecular complexity index is 583. The third kappa shape index (κ3) is 1.95. The zero-order valence-corrected chi connectivity index (χ0v) is 12.0. The maximum absolute atomic E-state index is 3.68. The van der Waals surface area contributed by atoms with Crippen molar-refractivity contribution in [2.24, 2.45) is 0 Å². The number of aryl methyl sites for hydroxylation is 3. The van der Waals surface area contributed by atoms with E-state index in [0.717, 1.165) is 12.8 Å². The summed E-state index contributed by atoms with van der Waals surface area (Å²) in [6.07, 6.45) is 2.27. The molecule has 1 aliphatic rings. The van der Waals surface area contributed by atoms with Crippen molar-refractivity contribution in [3.63, 3.8) is 0 Å². The van der Waals surface area contributed by atoms with Gasteiger partial charge in [0.05, 0.1) is 6.04 Å². The summed E-state index contributed by atoms with van der Waals surface area (Å²) in [6, 6.07) is 9.59. The molecule has 0 saturated carbocycles. The lowest BCUT2D eigenvalue weighted by molar-refractivity contribution is 0.840. The van der Waals surface area contributed by atoms with Gasteiger partial charge in [-0.2, -0.15) is 0 Å². The average molecular weight is 257 g/mol. The van der Waals surface area contributed by atoms with E-state index in [2.05, 4.69) is 50.4 Å². The first kappa shape index (κ1) is 11.8. The van der Waals surface area contributed by atoms with Crippen molar-refractivity contribution in [1.82, 2.24) is 0 Å². The van der Waals surface area contributed by atoms with Crippen LogP contribution in [0.1, 0.15) is 39.4 Å². The molecule has 0 fully saturated rings. The Hall–Kier alpha value is -1.28. The zero-order chi connectivity index (χ0) is 12.7. The summed E-state index contributed by atoms with van der Waals surface area (Å²) in [4.78, 5) is 2.95. The molecule has 0 aliphatic carbocycles. The summed E-state index contributed by atoms with van der Waals surface area (Å²) in [6.45, 7) is 6.62. The fourth-order valence-electron chi connectivity index (χ4n) is 2.78. The van der Waals surface area contributed by atoms with Gasteiger partial charge in [0.2, 0.25) is 0 Å². The average Bonchev–Trinajstić information content (AvgIpc) is 2.93. The smallest absolute Gasteiger partial charge is 0.0647 e. The third-order valence-electron chi connectivity index (χ3n) is 3.73. The van der Waals surface area contributed by atoms with Crippen LogP contribution in [-0.2, 0) is 12.8 Å². The minimum absolute atomic E-state index is 0.478. The van der Waals surface area contributed by atoms with Gasteiger partial charge in [-0.15, -0.1) is 11.3 Å². The number of nitrogens with one attached hydrogen (secondary N) is 1. The van der Waals surface area contributed by atoms with Crippen molar-refractivity contribution in [2.75, 3.05) is 5.32 Å². The molecular formula is C16H19NS. The van der Waals surface area contributed by atoms with Crippen molar-refractivity contribution < 1.29 is 0 Å². The van der Waals surface area contributed by atoms with E-state index in [-0.39, 0.29) is 0 Å². The largest absolute Gasteiger partial charge is 0.377 e. The van der Waals surface area contributed by atoms with E-state index in [0.29, 0.717) is 6.04 Å². The monoisotopic (exact) mass is 257 g/mol. The van der Waals surface area contributed by atoms with Crippen LogP contribution in [0.5, 0.6) is 0 Å². The SMILES string of the molecule is CCc1ccc(C2Cc3c(C)cc(C)cc3N2)s1. The predicted octanol–water partition coefficient (Wildman–Crippen LogP) is 4.64. The van der Waals surface area contributed by atoms with Gasteiger partial charge in [0.1, 0.15) is 0 Å². The molecule has 0 bridgehead atoms. The molecular weight excluding hydrogens is 238 g/mol. The van der Waals surface area contributed by atoms with E-state index >= 15 is 0 Å². The number of anilines is 1. The zero-order valence-electron chi connectivity index (χ0n) is 11.2. The van der Waals surface area contributed by atoms with Gasteiger partial charge in [0.25, 0.3) is 0 Å². The summed E-state index contributed by atoms with van der Waals surface area (Å²) < 4.78 is 0. The standard InChI is InChI=1S/C16H19NS/c1-4-12-5-6-16(18-12)15-9-13-11(3)7-10(2)8-14(13)17-15/h5-8,15,17H,4,9H2,1-3H3. The van der Waals surface area contributed by atoms with Crippen LogP contribution >= 0.6 is 11.3 Å². The van der Waals surface area contributed by atoms with Gasteiger partial charge >= 0.3 is 0 Å². The molecule has 3 rings (SSSR count). The van der Waals surface area contributed by atoms with Gasteiger partial charge in [-0.05, 0) is 61.6 Å². The molecule has 0 saturated heterocycles. The van der Waals surface area contributed by atoms with Crippen LogP contribution in [0.25, 0.3) is 0 Å². The van der Waals surface area contributed by atoms with Crippen LogP contribution in [0.4, 0.5) is 5.69 Å². The van der Waals surface area contributed by atoms with Crippen molar-refractivity contribution in [2.45, 2.75) is 39.7 Å². The van der Waals surface area contributed by atoms with E-state index in [9.17, 15) is 0 Å². The molecule has 94 valence electrons. The molecule has 18 heavy (non-hydrogen) atoms. The number of thiophene rings is 1. The Balaban J connectivity index is 1.90. The minimum atomic E-state index is 0.478. The van der Waals surface area contributed by atoms with Crippen LogP contribution < -0.4 is 5.32 Å². The first-order valence-electron chi connectivity index (χ1n) is 6.62. The quantitative estimate of drug-likeness (QED) is 0.826. The predicted molar refractivity (Wildman–Crippen MR) is 79.7 cm³/mol. The Morgan fingerprint density at radius 2 is 2.11 bits per heavy atom. The highest BCUT2D eigenvalue weighted by Gasteiger charge is 2.24. The summed E-state index contributed by atoms with van der Waals surface area (Å²) in [5, 5.41) is 3.68. The fourth-order valence-corrected chi connectivity index (χ4v) is 3.79. The number of fused-ring (bicyclic) bond motifs is 1. The van der Waals surface area contributed by atoms with Crippen LogP contribution in [0, 0.1) is 13.8 Å². The Kier molecular flexibility index (Phi) is 2.90. The Morgan fingerprint density at radius 1 is 1.28 bits per heavy atom. The second-order valence-electron chi connectivity index (χ2n) is 5.17. The van der Waals surface area contributed by atoms with Crippen LogP contribution in [-0.4, -0.2) is 0 Å². The van der Waals surface area contributed by atoms with Crippen LogP contribution in [0.3, 0.4) is 0 Å². The molecule has 1 aliphatic heterocycles. The van der Waals surface area contributed by atoms with Gasteiger partial charge in [-0.1, -0.05) is 13.0 Å². The molecule has 1 nitrogen and oxygen atoms in total. The molecule has 2 heterocycles. The summed E-state index contributed by atoms with van der Waals surface area (Å²) in [7, 11) is 0. The minimum Gasteiger partial charge on any atom is -0.377 e. The Labute approximate surface area is 113 Å². The van der Waals surface area contributed by atoms with E-state index in [1.165, 1.54) is 32.1 Å². The number of hydrogen-bond acceptors (Lipinski definition) is 2. The van der Waals surface area contributed by atoms with Crippen molar-refractivity contribution in [3.05, 3.63) is 50.7 Å². The van der Waals surface area contributed by atoms with Gasteiger partial charge in [0.15, 0.2) is 0 Å². The van der Waals surface area contributed by atoms with E-state index in [1.54, 1.807) is 0 Å². The fraction of sp³-hybridized carbons (Fsp3) is 0.375. The molecule has 1 unspecified atom stereocenters. The summed E-state index contributed by atoms with van der Waals surface area (Å²) >= 11 is 1.95. The first-order chi connectivity index (χ1) is 8.67. The van der Waals surface area contributed by atoms with Crippen molar-refractivity contribution in [1.29, 1.82) is 0 Å². The second kappa shape index (κ2) is 4.43.